The number of hydrogen-bond donors (Lipinski definition) is 0. The number of nitro groups is 1. The fraction of sp³-hybridized carbons (Fsp3) is 0.350. The van der Waals surface area contributed by atoms with Crippen molar-refractivity contribution in [2.75, 3.05) is 21.3 Å². The number of nitro benzene ring substituents is 1. The first-order valence-corrected chi connectivity index (χ1v) is 8.59. The van der Waals surface area contributed by atoms with Crippen LogP contribution < -0.4 is 9.47 Å². The van der Waals surface area contributed by atoms with E-state index >= 15 is 0 Å². The number of nitrogens with zero attached hydrogens (tertiary/aromatic N) is 2. The molecular formula is C20H24N2O5. The predicted octanol–water partition coefficient (Wildman–Crippen LogP) is 3.76. The van der Waals surface area contributed by atoms with Gasteiger partial charge >= 0.3 is 0 Å². The molecule has 2 aromatic carbocycles. The Morgan fingerprint density at radius 1 is 1.19 bits per heavy atom. The number of ether oxygens (including phenoxy) is 2. The van der Waals surface area contributed by atoms with Gasteiger partial charge in [0.2, 0.25) is 5.91 Å². The van der Waals surface area contributed by atoms with E-state index < -0.39 is 4.92 Å². The van der Waals surface area contributed by atoms with Crippen molar-refractivity contribution < 1.29 is 19.2 Å². The fourth-order valence-corrected chi connectivity index (χ4v) is 2.91. The van der Waals surface area contributed by atoms with Crippen LogP contribution in [0.1, 0.15) is 30.5 Å². The van der Waals surface area contributed by atoms with Gasteiger partial charge in [0.25, 0.3) is 5.69 Å². The highest BCUT2D eigenvalue weighted by atomic mass is 16.6. The summed E-state index contributed by atoms with van der Waals surface area (Å²) in [6.45, 7) is 1.85. The summed E-state index contributed by atoms with van der Waals surface area (Å²) < 4.78 is 10.7. The van der Waals surface area contributed by atoms with E-state index in [1.165, 1.54) is 12.1 Å². The van der Waals surface area contributed by atoms with Crippen LogP contribution in [0.5, 0.6) is 11.5 Å². The van der Waals surface area contributed by atoms with E-state index in [-0.39, 0.29) is 17.6 Å². The van der Waals surface area contributed by atoms with Gasteiger partial charge in [-0.3, -0.25) is 14.9 Å². The molecule has 7 nitrogen and oxygen atoms in total. The first kappa shape index (κ1) is 20.2. The van der Waals surface area contributed by atoms with E-state index in [9.17, 15) is 14.9 Å². The Labute approximate surface area is 158 Å². The Morgan fingerprint density at radius 2 is 1.89 bits per heavy atom. The Kier molecular flexibility index (Phi) is 6.76. The zero-order valence-corrected chi connectivity index (χ0v) is 16.0. The van der Waals surface area contributed by atoms with Crippen molar-refractivity contribution in [2.24, 2.45) is 0 Å². The Morgan fingerprint density at radius 3 is 2.52 bits per heavy atom. The van der Waals surface area contributed by atoms with Crippen molar-refractivity contribution in [3.63, 3.8) is 0 Å². The number of aryl methyl sites for hydroxylation is 1. The van der Waals surface area contributed by atoms with Crippen LogP contribution in [0.2, 0.25) is 0 Å². The minimum atomic E-state index is -0.437. The molecule has 27 heavy (non-hydrogen) atoms. The summed E-state index contributed by atoms with van der Waals surface area (Å²) in [4.78, 5) is 24.7. The van der Waals surface area contributed by atoms with E-state index in [1.54, 1.807) is 44.4 Å². The molecule has 0 heterocycles. The number of methoxy groups -OCH3 is 2. The van der Waals surface area contributed by atoms with Gasteiger partial charge in [0.05, 0.1) is 25.2 Å². The molecule has 0 saturated carbocycles. The quantitative estimate of drug-likeness (QED) is 0.520. The van der Waals surface area contributed by atoms with E-state index in [0.29, 0.717) is 24.3 Å². The molecule has 0 radical (unpaired) electrons. The summed E-state index contributed by atoms with van der Waals surface area (Å²) in [6.07, 6.45) is 0.796. The molecule has 0 fully saturated rings. The van der Waals surface area contributed by atoms with Crippen LogP contribution in [0.25, 0.3) is 0 Å². The van der Waals surface area contributed by atoms with Crippen LogP contribution in [-0.4, -0.2) is 37.0 Å². The lowest BCUT2D eigenvalue weighted by Crippen LogP contribution is -2.29. The van der Waals surface area contributed by atoms with Gasteiger partial charge in [-0.25, -0.2) is 0 Å². The number of carbonyl (C=O) groups is 1. The minimum absolute atomic E-state index is 0.0151. The molecule has 1 atom stereocenters. The third-order valence-corrected chi connectivity index (χ3v) is 4.63. The smallest absolute Gasteiger partial charge is 0.269 e. The van der Waals surface area contributed by atoms with Gasteiger partial charge in [-0.2, -0.15) is 0 Å². The van der Waals surface area contributed by atoms with Crippen molar-refractivity contribution in [1.29, 1.82) is 0 Å². The molecule has 0 aliphatic rings. The third-order valence-electron chi connectivity index (χ3n) is 4.63. The van der Waals surface area contributed by atoms with Crippen LogP contribution in [0.4, 0.5) is 5.69 Å². The van der Waals surface area contributed by atoms with Crippen molar-refractivity contribution in [3.05, 3.63) is 63.7 Å². The molecule has 0 saturated heterocycles. The summed E-state index contributed by atoms with van der Waals surface area (Å²) in [6, 6.07) is 11.6. The molecule has 2 aromatic rings. The van der Waals surface area contributed by atoms with Crippen molar-refractivity contribution in [3.8, 4) is 11.5 Å². The number of amides is 1. The summed E-state index contributed by atoms with van der Waals surface area (Å²) in [5.74, 6) is 1.20. The SMILES string of the molecule is COc1cccc(CCC(=O)N(C)[C@@H](C)c2cccc([N+](=O)[O-])c2)c1OC. The standard InChI is InChI=1S/C20H24N2O5/c1-14(16-8-5-9-17(13-16)22(24)25)21(2)19(23)12-11-15-7-6-10-18(26-3)20(15)27-4/h5-10,13-14H,11-12H2,1-4H3/t14-/m0/s1. The predicted molar refractivity (Wildman–Crippen MR) is 102 cm³/mol. The lowest BCUT2D eigenvalue weighted by Gasteiger charge is -2.25. The Balaban J connectivity index is 2.08. The lowest BCUT2D eigenvalue weighted by molar-refractivity contribution is -0.384. The zero-order chi connectivity index (χ0) is 20.0. The van der Waals surface area contributed by atoms with Crippen molar-refractivity contribution in [1.82, 2.24) is 4.90 Å². The maximum Gasteiger partial charge on any atom is 0.269 e. The van der Waals surface area contributed by atoms with Gasteiger partial charge in [0.1, 0.15) is 0 Å². The Bertz CT molecular complexity index is 822. The maximum absolute atomic E-state index is 12.6. The third kappa shape index (κ3) is 4.75. The lowest BCUT2D eigenvalue weighted by atomic mass is 10.0. The Hall–Kier alpha value is -3.09. The highest BCUT2D eigenvalue weighted by Crippen LogP contribution is 2.32. The number of rotatable bonds is 8. The topological polar surface area (TPSA) is 81.9 Å². The van der Waals surface area contributed by atoms with Crippen molar-refractivity contribution in [2.45, 2.75) is 25.8 Å². The average molecular weight is 372 g/mol. The molecule has 2 rings (SSSR count). The minimum Gasteiger partial charge on any atom is -0.493 e. The summed E-state index contributed by atoms with van der Waals surface area (Å²) in [7, 11) is 4.84. The summed E-state index contributed by atoms with van der Waals surface area (Å²) in [5, 5.41) is 11.0. The molecule has 0 bridgehead atoms. The van der Waals surface area contributed by atoms with Gasteiger partial charge < -0.3 is 14.4 Å². The first-order chi connectivity index (χ1) is 12.9. The number of carbonyl (C=O) groups excluding carboxylic acids is 1. The van der Waals surface area contributed by atoms with Crippen LogP contribution in [0.15, 0.2) is 42.5 Å². The van der Waals surface area contributed by atoms with Crippen LogP contribution >= 0.6 is 0 Å². The second-order valence-corrected chi connectivity index (χ2v) is 6.19. The molecule has 0 aliphatic carbocycles. The molecule has 0 aliphatic heterocycles. The fourth-order valence-electron chi connectivity index (χ4n) is 2.91. The second kappa shape index (κ2) is 9.02. The normalized spacial score (nSPS) is 11.6. The summed E-state index contributed by atoms with van der Waals surface area (Å²) in [5.41, 5.74) is 1.63. The van der Waals surface area contributed by atoms with Gasteiger partial charge in [-0.1, -0.05) is 24.3 Å². The van der Waals surface area contributed by atoms with Gasteiger partial charge in [0, 0.05) is 25.6 Å². The number of non-ortho nitro benzene ring substituents is 1. The van der Waals surface area contributed by atoms with E-state index in [0.717, 1.165) is 11.1 Å². The van der Waals surface area contributed by atoms with E-state index in [2.05, 4.69) is 0 Å². The number of benzene rings is 2. The monoisotopic (exact) mass is 372 g/mol. The van der Waals surface area contributed by atoms with Crippen LogP contribution in [-0.2, 0) is 11.2 Å². The highest BCUT2D eigenvalue weighted by molar-refractivity contribution is 5.77. The highest BCUT2D eigenvalue weighted by Gasteiger charge is 2.20. The summed E-state index contributed by atoms with van der Waals surface area (Å²) >= 11 is 0. The zero-order valence-electron chi connectivity index (χ0n) is 16.0. The molecule has 0 N–H and O–H groups in total. The van der Waals surface area contributed by atoms with Gasteiger partial charge in [-0.05, 0) is 30.5 Å². The molecule has 7 heteroatoms. The first-order valence-electron chi connectivity index (χ1n) is 8.59. The van der Waals surface area contributed by atoms with Crippen LogP contribution in [0.3, 0.4) is 0 Å². The molecule has 0 spiro atoms. The molecule has 144 valence electrons. The number of para-hydroxylation sites is 1. The van der Waals surface area contributed by atoms with Crippen molar-refractivity contribution >= 4 is 11.6 Å². The van der Waals surface area contributed by atoms with E-state index in [1.807, 2.05) is 19.1 Å². The van der Waals surface area contributed by atoms with Gasteiger partial charge in [-0.15, -0.1) is 0 Å². The molecular weight excluding hydrogens is 348 g/mol. The van der Waals surface area contributed by atoms with Gasteiger partial charge in [0.15, 0.2) is 11.5 Å². The maximum atomic E-state index is 12.6. The molecule has 0 aromatic heterocycles. The largest absolute Gasteiger partial charge is 0.493 e. The molecule has 1 amide bonds. The average Bonchev–Trinajstić information content (AvgIpc) is 2.70. The van der Waals surface area contributed by atoms with E-state index in [4.69, 9.17) is 9.47 Å². The molecule has 0 unspecified atom stereocenters. The second-order valence-electron chi connectivity index (χ2n) is 6.19. The number of hydrogen-bond acceptors (Lipinski definition) is 5. The van der Waals surface area contributed by atoms with Crippen LogP contribution in [0, 0.1) is 10.1 Å².